The molecule has 0 atom stereocenters. The summed E-state index contributed by atoms with van der Waals surface area (Å²) >= 11 is 0. The lowest BCUT2D eigenvalue weighted by Crippen LogP contribution is -2.49. The van der Waals surface area contributed by atoms with E-state index in [9.17, 15) is 19.2 Å². The van der Waals surface area contributed by atoms with Crippen LogP contribution in [0.15, 0.2) is 24.3 Å². The highest BCUT2D eigenvalue weighted by molar-refractivity contribution is 6.21. The van der Waals surface area contributed by atoms with Crippen LogP contribution in [0, 0.1) is 5.92 Å². The Bertz CT molecular complexity index is 775. The second kappa shape index (κ2) is 7.73. The number of fused-ring (bicyclic) bond motifs is 1. The molecule has 28 heavy (non-hydrogen) atoms. The number of nitrogens with zero attached hydrogens (tertiary/aromatic N) is 2. The first kappa shape index (κ1) is 18.7. The fraction of sp³-hybridized carbons (Fsp3) is 0.524. The predicted molar refractivity (Wildman–Crippen MR) is 102 cm³/mol. The molecule has 0 bridgehead atoms. The van der Waals surface area contributed by atoms with E-state index in [-0.39, 0.29) is 48.6 Å². The average Bonchev–Trinajstić information content (AvgIpc) is 2.90. The van der Waals surface area contributed by atoms with Crippen molar-refractivity contribution in [2.45, 2.75) is 44.6 Å². The van der Waals surface area contributed by atoms with Gasteiger partial charge >= 0.3 is 0 Å². The maximum atomic E-state index is 12.3. The number of hydrogen-bond acceptors (Lipinski definition) is 4. The van der Waals surface area contributed by atoms with Crippen LogP contribution in [-0.4, -0.2) is 59.1 Å². The topological polar surface area (TPSA) is 86.8 Å². The summed E-state index contributed by atoms with van der Waals surface area (Å²) in [6, 6.07) is 6.76. The van der Waals surface area contributed by atoms with Gasteiger partial charge < -0.3 is 10.2 Å². The number of amides is 4. The van der Waals surface area contributed by atoms with E-state index in [1.54, 1.807) is 24.3 Å². The third-order valence-corrected chi connectivity index (χ3v) is 6.07. The van der Waals surface area contributed by atoms with Crippen molar-refractivity contribution in [1.29, 1.82) is 0 Å². The molecule has 1 N–H and O–H groups in total. The number of likely N-dealkylation sites (tertiary alicyclic amines) is 1. The van der Waals surface area contributed by atoms with Crippen LogP contribution in [0.1, 0.15) is 59.2 Å². The summed E-state index contributed by atoms with van der Waals surface area (Å²) in [5.41, 5.74) is 0.799. The van der Waals surface area contributed by atoms with Crippen LogP contribution in [0.25, 0.3) is 0 Å². The van der Waals surface area contributed by atoms with Crippen LogP contribution in [0.2, 0.25) is 0 Å². The lowest BCUT2D eigenvalue weighted by molar-refractivity contribution is -0.139. The number of carbonyl (C=O) groups is 4. The van der Waals surface area contributed by atoms with Gasteiger partial charge in [-0.2, -0.15) is 0 Å². The minimum Gasteiger partial charge on any atom is -0.353 e. The summed E-state index contributed by atoms with van der Waals surface area (Å²) in [4.78, 5) is 52.3. The van der Waals surface area contributed by atoms with E-state index in [1.807, 2.05) is 4.90 Å². The van der Waals surface area contributed by atoms with Gasteiger partial charge in [0.1, 0.15) is 0 Å². The van der Waals surface area contributed by atoms with Crippen molar-refractivity contribution in [3.63, 3.8) is 0 Å². The number of nitrogens with one attached hydrogen (secondary N) is 1. The van der Waals surface area contributed by atoms with Gasteiger partial charge in [-0.3, -0.25) is 24.1 Å². The molecule has 2 fully saturated rings. The number of hydrogen-bond donors (Lipinski definition) is 1. The summed E-state index contributed by atoms with van der Waals surface area (Å²) in [5, 5.41) is 2.98. The van der Waals surface area contributed by atoms with Gasteiger partial charge in [-0.25, -0.2) is 0 Å². The second-order valence-electron chi connectivity index (χ2n) is 7.85. The van der Waals surface area contributed by atoms with E-state index in [0.717, 1.165) is 37.0 Å². The highest BCUT2D eigenvalue weighted by Gasteiger charge is 2.35. The summed E-state index contributed by atoms with van der Waals surface area (Å²) < 4.78 is 0. The minimum atomic E-state index is -0.337. The number of carbonyl (C=O) groups excluding carboxylic acids is 4. The van der Waals surface area contributed by atoms with Crippen molar-refractivity contribution in [3.8, 4) is 0 Å². The van der Waals surface area contributed by atoms with E-state index in [0.29, 0.717) is 24.2 Å². The number of benzene rings is 1. The van der Waals surface area contributed by atoms with Gasteiger partial charge in [0.15, 0.2) is 0 Å². The van der Waals surface area contributed by atoms with Gasteiger partial charge in [-0.15, -0.1) is 0 Å². The van der Waals surface area contributed by atoms with E-state index in [2.05, 4.69) is 5.32 Å². The van der Waals surface area contributed by atoms with Crippen LogP contribution in [0.3, 0.4) is 0 Å². The van der Waals surface area contributed by atoms with Gasteiger partial charge in [0.2, 0.25) is 11.8 Å². The van der Waals surface area contributed by atoms with Crippen molar-refractivity contribution >= 4 is 23.6 Å². The van der Waals surface area contributed by atoms with E-state index in [4.69, 9.17) is 0 Å². The Kier molecular flexibility index (Phi) is 5.15. The fourth-order valence-electron chi connectivity index (χ4n) is 4.11. The molecule has 7 heteroatoms. The predicted octanol–water partition coefficient (Wildman–Crippen LogP) is 1.58. The van der Waals surface area contributed by atoms with Crippen molar-refractivity contribution in [1.82, 2.24) is 15.1 Å². The maximum absolute atomic E-state index is 12.3. The largest absolute Gasteiger partial charge is 0.353 e. The molecule has 2 heterocycles. The molecule has 1 saturated carbocycles. The van der Waals surface area contributed by atoms with Gasteiger partial charge in [0, 0.05) is 38.0 Å². The average molecular weight is 383 g/mol. The molecule has 0 unspecified atom stereocenters. The Morgan fingerprint density at radius 3 is 2.11 bits per heavy atom. The molecule has 148 valence electrons. The van der Waals surface area contributed by atoms with Gasteiger partial charge in [0.05, 0.1) is 11.1 Å². The Balaban J connectivity index is 1.22. The quantitative estimate of drug-likeness (QED) is 0.782. The van der Waals surface area contributed by atoms with E-state index >= 15 is 0 Å². The SMILES string of the molecule is O=C(CCN1C(=O)c2ccccc2C1=O)NC1CCN(C(=O)C2CCC2)CC1. The molecular formula is C21H25N3O4. The minimum absolute atomic E-state index is 0.0418. The Hall–Kier alpha value is -2.70. The summed E-state index contributed by atoms with van der Waals surface area (Å²) in [5.74, 6) is -0.361. The molecule has 1 aliphatic carbocycles. The third kappa shape index (κ3) is 3.53. The Morgan fingerprint density at radius 2 is 1.57 bits per heavy atom. The first-order chi connectivity index (χ1) is 13.5. The van der Waals surface area contributed by atoms with Crippen LogP contribution < -0.4 is 5.32 Å². The third-order valence-electron chi connectivity index (χ3n) is 6.07. The van der Waals surface area contributed by atoms with E-state index < -0.39 is 0 Å². The molecule has 1 saturated heterocycles. The summed E-state index contributed by atoms with van der Waals surface area (Å²) in [7, 11) is 0. The summed E-state index contributed by atoms with van der Waals surface area (Å²) in [6.45, 7) is 1.44. The van der Waals surface area contributed by atoms with Crippen LogP contribution >= 0.6 is 0 Å². The van der Waals surface area contributed by atoms with Gasteiger partial charge in [0.25, 0.3) is 11.8 Å². The molecule has 0 spiro atoms. The second-order valence-corrected chi connectivity index (χ2v) is 7.85. The number of imide groups is 1. The summed E-state index contributed by atoms with van der Waals surface area (Å²) in [6.07, 6.45) is 4.75. The normalized spacial score (nSPS) is 20.1. The highest BCUT2D eigenvalue weighted by Crippen LogP contribution is 2.29. The molecule has 0 radical (unpaired) electrons. The van der Waals surface area contributed by atoms with Crippen LogP contribution in [-0.2, 0) is 9.59 Å². The number of piperidine rings is 1. The zero-order valence-corrected chi connectivity index (χ0v) is 15.9. The monoisotopic (exact) mass is 383 g/mol. The lowest BCUT2D eigenvalue weighted by Gasteiger charge is -2.36. The zero-order chi connectivity index (χ0) is 19.7. The van der Waals surface area contributed by atoms with Crippen LogP contribution in [0.5, 0.6) is 0 Å². The van der Waals surface area contributed by atoms with Crippen molar-refractivity contribution in [2.24, 2.45) is 5.92 Å². The van der Waals surface area contributed by atoms with E-state index in [1.165, 1.54) is 0 Å². The molecule has 4 rings (SSSR count). The molecule has 0 aromatic heterocycles. The molecule has 7 nitrogen and oxygen atoms in total. The number of rotatable bonds is 5. The highest BCUT2D eigenvalue weighted by atomic mass is 16.2. The van der Waals surface area contributed by atoms with Crippen molar-refractivity contribution < 1.29 is 19.2 Å². The lowest BCUT2D eigenvalue weighted by atomic mass is 9.84. The van der Waals surface area contributed by atoms with Crippen LogP contribution in [0.4, 0.5) is 0 Å². The standard InChI is InChI=1S/C21H25N3O4/c25-18(10-13-24-20(27)16-6-1-2-7-17(16)21(24)28)22-15-8-11-23(12-9-15)19(26)14-4-3-5-14/h1-2,6-7,14-15H,3-5,8-13H2,(H,22,25). The first-order valence-corrected chi connectivity index (χ1v) is 10.1. The van der Waals surface area contributed by atoms with Crippen molar-refractivity contribution in [2.75, 3.05) is 19.6 Å². The fourth-order valence-corrected chi connectivity index (χ4v) is 4.11. The molecule has 2 aliphatic heterocycles. The molecule has 1 aromatic carbocycles. The zero-order valence-electron chi connectivity index (χ0n) is 15.9. The Labute approximate surface area is 164 Å². The Morgan fingerprint density at radius 1 is 0.964 bits per heavy atom. The smallest absolute Gasteiger partial charge is 0.261 e. The van der Waals surface area contributed by atoms with Crippen molar-refractivity contribution in [3.05, 3.63) is 35.4 Å². The molecule has 4 amide bonds. The first-order valence-electron chi connectivity index (χ1n) is 10.1. The molecule has 1 aromatic rings. The van der Waals surface area contributed by atoms with Gasteiger partial charge in [-0.05, 0) is 37.8 Å². The molecule has 3 aliphatic rings. The van der Waals surface area contributed by atoms with Gasteiger partial charge in [-0.1, -0.05) is 18.6 Å². The molecular weight excluding hydrogens is 358 g/mol. The maximum Gasteiger partial charge on any atom is 0.261 e.